The highest BCUT2D eigenvalue weighted by Crippen LogP contribution is 2.35. The number of nitrogens with two attached hydrogens (primary N) is 1. The van der Waals surface area contributed by atoms with Crippen LogP contribution < -0.4 is 21.7 Å². The highest BCUT2D eigenvalue weighted by Gasteiger charge is 2.56. The molecule has 0 aromatic heterocycles. The van der Waals surface area contributed by atoms with Gasteiger partial charge in [0.2, 0.25) is 17.7 Å². The second-order valence-electron chi connectivity index (χ2n) is 13.9. The number of amides is 3. The summed E-state index contributed by atoms with van der Waals surface area (Å²) in [6.45, 7) is 7.11. The van der Waals surface area contributed by atoms with Gasteiger partial charge in [-0.1, -0.05) is 0 Å². The molecule has 4 saturated heterocycles. The van der Waals surface area contributed by atoms with Gasteiger partial charge in [-0.05, 0) is 20.8 Å². The van der Waals surface area contributed by atoms with Crippen molar-refractivity contribution in [3.05, 3.63) is 0 Å². The van der Waals surface area contributed by atoms with Crippen molar-refractivity contribution >= 4 is 17.7 Å². The molecule has 12 N–H and O–H groups in total. The summed E-state index contributed by atoms with van der Waals surface area (Å²) < 4.78 is 47.6. The third-order valence-corrected chi connectivity index (χ3v) is 9.68. The Morgan fingerprint density at radius 1 is 0.556 bits per heavy atom. The molecule has 0 aromatic carbocycles. The summed E-state index contributed by atoms with van der Waals surface area (Å²) in [7, 11) is 0. The Labute approximate surface area is 311 Å². The van der Waals surface area contributed by atoms with Crippen molar-refractivity contribution in [1.29, 1.82) is 0 Å². The molecule has 3 amide bonds. The average Bonchev–Trinajstić information content (AvgIpc) is 3.10. The lowest BCUT2D eigenvalue weighted by Gasteiger charge is -2.51. The zero-order valence-corrected chi connectivity index (χ0v) is 30.9. The Kier molecular flexibility index (Phi) is 15.9. The van der Waals surface area contributed by atoms with E-state index in [4.69, 9.17) is 43.6 Å². The van der Waals surface area contributed by atoms with E-state index in [1.54, 1.807) is 0 Å². The van der Waals surface area contributed by atoms with Crippen LogP contribution in [-0.4, -0.2) is 196 Å². The number of carbonyl (C=O) groups excluding carboxylic acids is 3. The minimum atomic E-state index is -1.72. The largest absolute Gasteiger partial charge is 0.394 e. The van der Waals surface area contributed by atoms with E-state index in [0.29, 0.717) is 0 Å². The van der Waals surface area contributed by atoms with Crippen molar-refractivity contribution < 1.29 is 88.0 Å². The van der Waals surface area contributed by atoms with Crippen molar-refractivity contribution in [2.45, 2.75) is 164 Å². The first-order valence-electron chi connectivity index (χ1n) is 17.8. The van der Waals surface area contributed by atoms with Crippen LogP contribution in [0.4, 0.5) is 0 Å². The molecule has 54 heavy (non-hydrogen) atoms. The van der Waals surface area contributed by atoms with Crippen LogP contribution in [0.5, 0.6) is 0 Å². The number of rotatable bonds is 13. The van der Waals surface area contributed by atoms with Gasteiger partial charge in [-0.3, -0.25) is 14.4 Å². The second-order valence-corrected chi connectivity index (χ2v) is 13.9. The zero-order chi connectivity index (χ0) is 40.2. The Balaban J connectivity index is 1.69. The molecule has 4 heterocycles. The van der Waals surface area contributed by atoms with Crippen LogP contribution in [0.3, 0.4) is 0 Å². The fraction of sp³-hybridized carbons (Fsp3) is 0.906. The van der Waals surface area contributed by atoms with E-state index in [0.717, 1.165) is 13.8 Å². The molecule has 22 nitrogen and oxygen atoms in total. The Hall–Kier alpha value is -2.23. The zero-order valence-electron chi connectivity index (χ0n) is 30.9. The van der Waals surface area contributed by atoms with Crippen LogP contribution in [0, 0.1) is 0 Å². The van der Waals surface area contributed by atoms with E-state index >= 15 is 0 Å². The molecule has 4 rings (SSSR count). The summed E-state index contributed by atoms with van der Waals surface area (Å²) >= 11 is 0. The quantitative estimate of drug-likeness (QED) is 0.0827. The number of carbonyl (C=O) groups is 3. The van der Waals surface area contributed by atoms with Gasteiger partial charge in [0.05, 0.1) is 31.5 Å². The minimum absolute atomic E-state index is 0.0306. The lowest BCUT2D eigenvalue weighted by molar-refractivity contribution is -0.367. The predicted octanol–water partition coefficient (Wildman–Crippen LogP) is -6.25. The van der Waals surface area contributed by atoms with Gasteiger partial charge in [-0.15, -0.1) is 0 Å². The molecule has 20 atom stereocenters. The van der Waals surface area contributed by atoms with Crippen molar-refractivity contribution in [2.75, 3.05) is 19.8 Å². The molecule has 0 saturated carbocycles. The number of ether oxygens (including phenoxy) is 8. The third kappa shape index (κ3) is 10.2. The number of hydrogen-bond acceptors (Lipinski definition) is 19. The molecule has 0 unspecified atom stereocenters. The molecule has 4 aliphatic rings. The van der Waals surface area contributed by atoms with Crippen LogP contribution in [0.1, 0.15) is 41.5 Å². The van der Waals surface area contributed by atoms with Gasteiger partial charge < -0.3 is 95.3 Å². The standard InChI is InChI=1S/C32H56N4O18/c1-10-20(41)24(45)17(34-13(4)38)29(48-10)52-26-18(35-14(5)39)30(49-12(3)22(26)43)53-27-19(36-15(6)40)31(51-16(9-37)23(27)44)54-28-25(46)21(42)11(2)50-32(28)47-8-7-33/h10-12,16-32,37,41-46H,7-9,33H2,1-6H3,(H,34,38)(H,35,39)(H,36,40)/t10-,11-,12-,16+,17-,18-,19+,20+,21-,22+,23+,24-,25+,26-,27+,28+,29-,30-,31-,32+/m0/s1. The number of hydrogen-bond donors (Lipinski definition) is 11. The summed E-state index contributed by atoms with van der Waals surface area (Å²) in [6, 6.07) is -4.21. The molecule has 312 valence electrons. The molecule has 0 spiro atoms. The fourth-order valence-electron chi connectivity index (χ4n) is 6.87. The summed E-state index contributed by atoms with van der Waals surface area (Å²) in [4.78, 5) is 37.2. The van der Waals surface area contributed by atoms with E-state index in [1.165, 1.54) is 27.7 Å². The summed E-state index contributed by atoms with van der Waals surface area (Å²) in [5, 5.41) is 83.6. The van der Waals surface area contributed by atoms with E-state index in [-0.39, 0.29) is 13.2 Å². The Morgan fingerprint density at radius 2 is 0.963 bits per heavy atom. The number of aliphatic hydroxyl groups is 7. The van der Waals surface area contributed by atoms with Crippen LogP contribution in [-0.2, 0) is 52.3 Å². The van der Waals surface area contributed by atoms with Crippen LogP contribution >= 0.6 is 0 Å². The molecule has 22 heteroatoms. The van der Waals surface area contributed by atoms with Gasteiger partial charge in [0.25, 0.3) is 0 Å². The molecule has 4 aliphatic heterocycles. The monoisotopic (exact) mass is 784 g/mol. The first kappa shape index (κ1) is 44.5. The Morgan fingerprint density at radius 3 is 1.46 bits per heavy atom. The first-order valence-corrected chi connectivity index (χ1v) is 17.8. The van der Waals surface area contributed by atoms with Gasteiger partial charge in [0, 0.05) is 27.3 Å². The van der Waals surface area contributed by atoms with Gasteiger partial charge >= 0.3 is 0 Å². The van der Waals surface area contributed by atoms with E-state index in [9.17, 15) is 50.1 Å². The normalized spacial score (nSPS) is 45.7. The summed E-state index contributed by atoms with van der Waals surface area (Å²) in [6.07, 6.45) is -24.3. The molecule has 0 aromatic rings. The first-order chi connectivity index (χ1) is 25.4. The Bertz CT molecular complexity index is 1260. The predicted molar refractivity (Wildman–Crippen MR) is 177 cm³/mol. The van der Waals surface area contributed by atoms with Gasteiger partial charge in [0.1, 0.15) is 79.2 Å². The number of aliphatic hydroxyl groups excluding tert-OH is 7. The molecule has 0 aliphatic carbocycles. The summed E-state index contributed by atoms with van der Waals surface area (Å²) in [5.41, 5.74) is 5.59. The van der Waals surface area contributed by atoms with E-state index in [1.807, 2.05) is 0 Å². The molecule has 0 radical (unpaired) electrons. The SMILES string of the molecule is CC(=O)N[C@@H]1[C@H](O[C@@H]2[C@H](O)[C@H](C)O[C@@H](O[C@H]3[C@H](O)[C@@H](CO)O[C@@H](O[C@H]4[C@H](OCCN)O[C@@H](C)[C@H](O)[C@H]4O)[C@@H]3NC(C)=O)[C@H]2NC(C)=O)O[C@@H](C)[C@@H](O)[C@H]1O. The molecular formula is C32H56N4O18. The molecular weight excluding hydrogens is 728 g/mol. The van der Waals surface area contributed by atoms with Crippen LogP contribution in [0.15, 0.2) is 0 Å². The maximum Gasteiger partial charge on any atom is 0.217 e. The van der Waals surface area contributed by atoms with Gasteiger partial charge in [0.15, 0.2) is 25.2 Å². The molecule has 0 bridgehead atoms. The lowest BCUT2D eigenvalue weighted by atomic mass is 9.93. The van der Waals surface area contributed by atoms with Crippen molar-refractivity contribution in [3.8, 4) is 0 Å². The van der Waals surface area contributed by atoms with Crippen molar-refractivity contribution in [1.82, 2.24) is 16.0 Å². The van der Waals surface area contributed by atoms with Crippen LogP contribution in [0.25, 0.3) is 0 Å². The third-order valence-electron chi connectivity index (χ3n) is 9.68. The maximum absolute atomic E-state index is 12.6. The van der Waals surface area contributed by atoms with E-state index < -0.39 is 147 Å². The average molecular weight is 785 g/mol. The minimum Gasteiger partial charge on any atom is -0.394 e. The van der Waals surface area contributed by atoms with Crippen molar-refractivity contribution in [3.63, 3.8) is 0 Å². The topological polar surface area (TPSA) is 329 Å². The van der Waals surface area contributed by atoms with Crippen molar-refractivity contribution in [2.24, 2.45) is 5.73 Å². The lowest BCUT2D eigenvalue weighted by Crippen LogP contribution is -2.71. The number of nitrogens with one attached hydrogen (secondary N) is 3. The van der Waals surface area contributed by atoms with Gasteiger partial charge in [-0.25, -0.2) is 0 Å². The fourth-order valence-corrected chi connectivity index (χ4v) is 6.87. The van der Waals surface area contributed by atoms with Gasteiger partial charge in [-0.2, -0.15) is 0 Å². The van der Waals surface area contributed by atoms with Crippen LogP contribution in [0.2, 0.25) is 0 Å². The second kappa shape index (κ2) is 19.3. The highest BCUT2D eigenvalue weighted by atomic mass is 16.8. The summed E-state index contributed by atoms with van der Waals surface area (Å²) in [5.74, 6) is -1.91. The van der Waals surface area contributed by atoms with E-state index in [2.05, 4.69) is 16.0 Å². The maximum atomic E-state index is 12.6. The molecule has 4 fully saturated rings. The smallest absolute Gasteiger partial charge is 0.217 e. The highest BCUT2D eigenvalue weighted by molar-refractivity contribution is 5.74.